The van der Waals surface area contributed by atoms with E-state index in [-0.39, 0.29) is 5.56 Å². The van der Waals surface area contributed by atoms with Crippen LogP contribution < -0.4 is 0 Å². The van der Waals surface area contributed by atoms with Crippen LogP contribution in [0, 0.1) is 11.6 Å². The quantitative estimate of drug-likeness (QED) is 0.807. The topological polar surface area (TPSA) is 40.5 Å². The van der Waals surface area contributed by atoms with Gasteiger partial charge in [-0.25, -0.2) is 8.78 Å². The van der Waals surface area contributed by atoms with Crippen molar-refractivity contribution in [3.05, 3.63) is 35.4 Å². The molecule has 5 heteroatoms. The van der Waals surface area contributed by atoms with Gasteiger partial charge < -0.3 is 5.11 Å². The van der Waals surface area contributed by atoms with Crippen LogP contribution in [0.15, 0.2) is 18.2 Å². The SMILES string of the molecule is CC(O)CCN(C)C(C)C(=O)c1ccc(F)cc1F. The number of hydrogen-bond acceptors (Lipinski definition) is 3. The van der Waals surface area contributed by atoms with Gasteiger partial charge in [-0.15, -0.1) is 0 Å². The molecule has 0 amide bonds. The molecule has 1 N–H and O–H groups in total. The van der Waals surface area contributed by atoms with Crippen molar-refractivity contribution in [2.75, 3.05) is 13.6 Å². The molecule has 0 heterocycles. The highest BCUT2D eigenvalue weighted by molar-refractivity contribution is 6.00. The highest BCUT2D eigenvalue weighted by Crippen LogP contribution is 2.14. The molecular weight excluding hydrogens is 252 g/mol. The molecule has 2 unspecified atom stereocenters. The van der Waals surface area contributed by atoms with Crippen LogP contribution >= 0.6 is 0 Å². The fourth-order valence-electron chi connectivity index (χ4n) is 1.70. The maximum atomic E-state index is 13.5. The Morgan fingerprint density at radius 1 is 1.37 bits per heavy atom. The predicted octanol–water partition coefficient (Wildman–Crippen LogP) is 2.24. The van der Waals surface area contributed by atoms with E-state index in [4.69, 9.17) is 0 Å². The molecule has 0 fully saturated rings. The number of nitrogens with zero attached hydrogens (tertiary/aromatic N) is 1. The summed E-state index contributed by atoms with van der Waals surface area (Å²) >= 11 is 0. The molecule has 0 aliphatic rings. The van der Waals surface area contributed by atoms with E-state index in [9.17, 15) is 18.7 Å². The zero-order valence-electron chi connectivity index (χ0n) is 11.4. The molecule has 19 heavy (non-hydrogen) atoms. The van der Waals surface area contributed by atoms with Crippen LogP contribution in [0.4, 0.5) is 8.78 Å². The Morgan fingerprint density at radius 3 is 2.53 bits per heavy atom. The van der Waals surface area contributed by atoms with Gasteiger partial charge in [0.05, 0.1) is 17.7 Å². The Kier molecular flexibility index (Phi) is 5.57. The number of benzene rings is 1. The summed E-state index contributed by atoms with van der Waals surface area (Å²) in [6.45, 7) is 3.85. The van der Waals surface area contributed by atoms with Crippen molar-refractivity contribution < 1.29 is 18.7 Å². The molecule has 0 saturated carbocycles. The van der Waals surface area contributed by atoms with E-state index in [1.807, 2.05) is 0 Å². The van der Waals surface area contributed by atoms with Crippen LogP contribution in [0.3, 0.4) is 0 Å². The predicted molar refractivity (Wildman–Crippen MR) is 69.1 cm³/mol. The molecule has 0 spiro atoms. The highest BCUT2D eigenvalue weighted by atomic mass is 19.1. The third-order valence-electron chi connectivity index (χ3n) is 3.14. The van der Waals surface area contributed by atoms with Crippen LogP contribution in [0.1, 0.15) is 30.6 Å². The minimum absolute atomic E-state index is 0.113. The molecule has 0 aliphatic heterocycles. The summed E-state index contributed by atoms with van der Waals surface area (Å²) in [6.07, 6.45) is 0.0762. The second-order valence-corrected chi connectivity index (χ2v) is 4.78. The lowest BCUT2D eigenvalue weighted by atomic mass is 10.0. The lowest BCUT2D eigenvalue weighted by Gasteiger charge is -2.24. The maximum Gasteiger partial charge on any atom is 0.182 e. The first kappa shape index (κ1) is 15.7. The highest BCUT2D eigenvalue weighted by Gasteiger charge is 2.22. The Morgan fingerprint density at radius 2 is 2.00 bits per heavy atom. The molecule has 1 aromatic rings. The number of aliphatic hydroxyl groups excluding tert-OH is 1. The van der Waals surface area contributed by atoms with E-state index >= 15 is 0 Å². The van der Waals surface area contributed by atoms with E-state index in [0.717, 1.165) is 12.1 Å². The fraction of sp³-hybridized carbons (Fsp3) is 0.500. The molecule has 0 aliphatic carbocycles. The second kappa shape index (κ2) is 6.73. The molecule has 1 rings (SSSR count). The Labute approximate surface area is 111 Å². The van der Waals surface area contributed by atoms with Crippen molar-refractivity contribution in [3.8, 4) is 0 Å². The van der Waals surface area contributed by atoms with Crippen LogP contribution in [0.2, 0.25) is 0 Å². The van der Waals surface area contributed by atoms with Crippen LogP contribution in [-0.4, -0.2) is 41.5 Å². The van der Waals surface area contributed by atoms with Gasteiger partial charge in [-0.05, 0) is 39.4 Å². The van der Waals surface area contributed by atoms with Crippen molar-refractivity contribution in [3.63, 3.8) is 0 Å². The number of carbonyl (C=O) groups is 1. The van der Waals surface area contributed by atoms with E-state index < -0.39 is 29.6 Å². The molecular formula is C14H19F2NO2. The van der Waals surface area contributed by atoms with Crippen molar-refractivity contribution >= 4 is 5.78 Å². The van der Waals surface area contributed by atoms with Gasteiger partial charge in [-0.2, -0.15) is 0 Å². The van der Waals surface area contributed by atoms with E-state index in [1.54, 1.807) is 25.8 Å². The van der Waals surface area contributed by atoms with Gasteiger partial charge in [0.15, 0.2) is 5.78 Å². The average Bonchev–Trinajstić information content (AvgIpc) is 2.34. The molecule has 2 atom stereocenters. The van der Waals surface area contributed by atoms with E-state index in [2.05, 4.69) is 0 Å². The number of aliphatic hydroxyl groups is 1. The number of ketones is 1. The monoisotopic (exact) mass is 271 g/mol. The number of carbonyl (C=O) groups excluding carboxylic acids is 1. The lowest BCUT2D eigenvalue weighted by molar-refractivity contribution is 0.0839. The number of Topliss-reactive ketones (excluding diaryl/α,β-unsaturated/α-hetero) is 1. The first-order chi connectivity index (χ1) is 8.82. The maximum absolute atomic E-state index is 13.5. The van der Waals surface area contributed by atoms with Crippen molar-refractivity contribution in [2.45, 2.75) is 32.4 Å². The minimum Gasteiger partial charge on any atom is -0.393 e. The van der Waals surface area contributed by atoms with Gasteiger partial charge in [-0.3, -0.25) is 9.69 Å². The molecule has 0 radical (unpaired) electrons. The van der Waals surface area contributed by atoms with Gasteiger partial charge in [0, 0.05) is 12.6 Å². The molecule has 3 nitrogen and oxygen atoms in total. The number of hydrogen-bond donors (Lipinski definition) is 1. The summed E-state index contributed by atoms with van der Waals surface area (Å²) in [5, 5.41) is 9.20. The van der Waals surface area contributed by atoms with E-state index in [0.29, 0.717) is 19.0 Å². The molecule has 0 saturated heterocycles. The largest absolute Gasteiger partial charge is 0.393 e. The summed E-state index contributed by atoms with van der Waals surface area (Å²) in [4.78, 5) is 13.8. The third kappa shape index (κ3) is 4.36. The van der Waals surface area contributed by atoms with Gasteiger partial charge in [0.1, 0.15) is 11.6 Å². The Balaban J connectivity index is 2.76. The fourth-order valence-corrected chi connectivity index (χ4v) is 1.70. The number of rotatable bonds is 6. The smallest absolute Gasteiger partial charge is 0.182 e. The number of halogens is 2. The van der Waals surface area contributed by atoms with Crippen LogP contribution in [0.25, 0.3) is 0 Å². The van der Waals surface area contributed by atoms with E-state index in [1.165, 1.54) is 0 Å². The molecule has 106 valence electrons. The van der Waals surface area contributed by atoms with Crippen LogP contribution in [-0.2, 0) is 0 Å². The number of likely N-dealkylation sites (N-methyl/N-ethyl adjacent to an activating group) is 1. The standard InChI is InChI=1S/C14H19F2NO2/c1-9(18)6-7-17(3)10(2)14(19)12-5-4-11(15)8-13(12)16/h4-5,8-10,18H,6-7H2,1-3H3. The summed E-state index contributed by atoms with van der Waals surface area (Å²) in [7, 11) is 1.73. The summed E-state index contributed by atoms with van der Waals surface area (Å²) in [5.41, 5.74) is -0.113. The van der Waals surface area contributed by atoms with Crippen molar-refractivity contribution in [2.24, 2.45) is 0 Å². The molecule has 0 aromatic heterocycles. The Hall–Kier alpha value is -1.33. The first-order valence-corrected chi connectivity index (χ1v) is 6.20. The van der Waals surface area contributed by atoms with Crippen molar-refractivity contribution in [1.82, 2.24) is 4.90 Å². The molecule has 0 bridgehead atoms. The van der Waals surface area contributed by atoms with Crippen molar-refractivity contribution in [1.29, 1.82) is 0 Å². The lowest BCUT2D eigenvalue weighted by Crippen LogP contribution is -2.37. The summed E-state index contributed by atoms with van der Waals surface area (Å²) in [5.74, 6) is -1.95. The zero-order chi connectivity index (χ0) is 14.6. The van der Waals surface area contributed by atoms with Gasteiger partial charge in [-0.1, -0.05) is 0 Å². The van der Waals surface area contributed by atoms with Gasteiger partial charge in [0.2, 0.25) is 0 Å². The van der Waals surface area contributed by atoms with Crippen LogP contribution in [0.5, 0.6) is 0 Å². The average molecular weight is 271 g/mol. The second-order valence-electron chi connectivity index (χ2n) is 4.78. The Bertz CT molecular complexity index is 449. The van der Waals surface area contributed by atoms with Gasteiger partial charge in [0.25, 0.3) is 0 Å². The summed E-state index contributed by atoms with van der Waals surface area (Å²) in [6, 6.07) is 2.40. The zero-order valence-corrected chi connectivity index (χ0v) is 11.4. The normalized spacial score (nSPS) is 14.5. The third-order valence-corrected chi connectivity index (χ3v) is 3.14. The molecule has 1 aromatic carbocycles. The first-order valence-electron chi connectivity index (χ1n) is 6.20. The van der Waals surface area contributed by atoms with Gasteiger partial charge >= 0.3 is 0 Å². The minimum atomic E-state index is -0.847. The summed E-state index contributed by atoms with van der Waals surface area (Å²) < 4.78 is 26.3.